The molecular formula is C16H23N3O2. The smallest absolute Gasteiger partial charge is 0.272 e. The predicted octanol–water partition coefficient (Wildman–Crippen LogP) is 2.24. The zero-order valence-corrected chi connectivity index (χ0v) is 12.6. The van der Waals surface area contributed by atoms with Crippen LogP contribution in [0.3, 0.4) is 0 Å². The van der Waals surface area contributed by atoms with Crippen molar-refractivity contribution in [3.05, 3.63) is 23.8 Å². The molecule has 1 aliphatic carbocycles. The zero-order valence-electron chi connectivity index (χ0n) is 12.6. The van der Waals surface area contributed by atoms with E-state index in [9.17, 15) is 4.79 Å². The first-order valence-corrected chi connectivity index (χ1v) is 7.89. The molecule has 114 valence electrons. The number of carbonyl (C=O) groups excluding carboxylic acids is 1. The van der Waals surface area contributed by atoms with E-state index in [4.69, 9.17) is 4.74 Å². The second-order valence-electron chi connectivity index (χ2n) is 6.12. The van der Waals surface area contributed by atoms with E-state index in [-0.39, 0.29) is 5.91 Å². The van der Waals surface area contributed by atoms with Crippen LogP contribution in [0.2, 0.25) is 0 Å². The Hall–Kier alpha value is -1.49. The fourth-order valence-corrected chi connectivity index (χ4v) is 2.96. The Labute approximate surface area is 125 Å². The predicted molar refractivity (Wildman–Crippen MR) is 79.1 cm³/mol. The quantitative estimate of drug-likeness (QED) is 0.853. The Kier molecular flexibility index (Phi) is 4.48. The molecule has 2 heterocycles. The Morgan fingerprint density at radius 2 is 2.19 bits per heavy atom. The second kappa shape index (κ2) is 6.52. The van der Waals surface area contributed by atoms with Crippen molar-refractivity contribution in [3.8, 4) is 0 Å². The monoisotopic (exact) mass is 289 g/mol. The molecule has 1 saturated heterocycles. The summed E-state index contributed by atoms with van der Waals surface area (Å²) in [6.45, 7) is 2.42. The SMILES string of the molecule is COCC1CCCN(C(=O)c2ccnc(C3CC3)n2)CC1. The second-order valence-corrected chi connectivity index (χ2v) is 6.12. The molecule has 0 aromatic carbocycles. The standard InChI is InChI=1S/C16H23N3O2/c1-21-11-12-3-2-9-19(10-7-12)16(20)14-6-8-17-15(18-14)13-4-5-13/h6,8,12-13H,2-5,7,9-11H2,1H3. The molecule has 0 N–H and O–H groups in total. The highest BCUT2D eigenvalue weighted by Gasteiger charge is 2.28. The maximum absolute atomic E-state index is 12.6. The van der Waals surface area contributed by atoms with Crippen LogP contribution in [0.25, 0.3) is 0 Å². The Balaban J connectivity index is 1.65. The van der Waals surface area contributed by atoms with E-state index in [0.717, 1.165) is 57.6 Å². The van der Waals surface area contributed by atoms with Gasteiger partial charge in [0.25, 0.3) is 5.91 Å². The third-order valence-corrected chi connectivity index (χ3v) is 4.37. The van der Waals surface area contributed by atoms with Crippen molar-refractivity contribution in [1.29, 1.82) is 0 Å². The number of methoxy groups -OCH3 is 1. The lowest BCUT2D eigenvalue weighted by Gasteiger charge is -2.20. The minimum Gasteiger partial charge on any atom is -0.384 e. The van der Waals surface area contributed by atoms with Crippen molar-refractivity contribution in [2.75, 3.05) is 26.8 Å². The first-order chi connectivity index (χ1) is 10.3. The summed E-state index contributed by atoms with van der Waals surface area (Å²) in [5.74, 6) is 1.94. The highest BCUT2D eigenvalue weighted by Crippen LogP contribution is 2.37. The largest absolute Gasteiger partial charge is 0.384 e. The van der Waals surface area contributed by atoms with Crippen LogP contribution in [-0.2, 0) is 4.74 Å². The van der Waals surface area contributed by atoms with Crippen molar-refractivity contribution < 1.29 is 9.53 Å². The van der Waals surface area contributed by atoms with Gasteiger partial charge in [0, 0.05) is 38.9 Å². The topological polar surface area (TPSA) is 55.3 Å². The van der Waals surface area contributed by atoms with Gasteiger partial charge in [0.2, 0.25) is 0 Å². The van der Waals surface area contributed by atoms with Crippen LogP contribution in [-0.4, -0.2) is 47.6 Å². The van der Waals surface area contributed by atoms with Crippen LogP contribution < -0.4 is 0 Å². The molecular weight excluding hydrogens is 266 g/mol. The lowest BCUT2D eigenvalue weighted by atomic mass is 10.0. The molecule has 21 heavy (non-hydrogen) atoms. The molecule has 0 spiro atoms. The third kappa shape index (κ3) is 3.59. The number of hydrogen-bond acceptors (Lipinski definition) is 4. The third-order valence-electron chi connectivity index (χ3n) is 4.37. The van der Waals surface area contributed by atoms with Gasteiger partial charge in [-0.15, -0.1) is 0 Å². The van der Waals surface area contributed by atoms with Crippen molar-refractivity contribution in [2.24, 2.45) is 5.92 Å². The van der Waals surface area contributed by atoms with Gasteiger partial charge in [0.1, 0.15) is 11.5 Å². The lowest BCUT2D eigenvalue weighted by Crippen LogP contribution is -2.33. The maximum atomic E-state index is 12.6. The summed E-state index contributed by atoms with van der Waals surface area (Å²) in [6.07, 6.45) is 7.22. The number of carbonyl (C=O) groups is 1. The maximum Gasteiger partial charge on any atom is 0.272 e. The molecule has 1 unspecified atom stereocenters. The van der Waals surface area contributed by atoms with E-state index in [1.807, 2.05) is 4.90 Å². The van der Waals surface area contributed by atoms with Crippen LogP contribution >= 0.6 is 0 Å². The minimum atomic E-state index is 0.0531. The van der Waals surface area contributed by atoms with Gasteiger partial charge >= 0.3 is 0 Å². The average molecular weight is 289 g/mol. The normalized spacial score (nSPS) is 22.9. The van der Waals surface area contributed by atoms with E-state index in [1.165, 1.54) is 0 Å². The van der Waals surface area contributed by atoms with E-state index in [2.05, 4.69) is 9.97 Å². The first kappa shape index (κ1) is 14.4. The molecule has 1 aromatic heterocycles. The summed E-state index contributed by atoms with van der Waals surface area (Å²) in [6, 6.07) is 1.74. The number of amides is 1. The number of hydrogen-bond donors (Lipinski definition) is 0. The summed E-state index contributed by atoms with van der Waals surface area (Å²) in [5, 5.41) is 0. The lowest BCUT2D eigenvalue weighted by molar-refractivity contribution is 0.0749. The van der Waals surface area contributed by atoms with Crippen molar-refractivity contribution in [2.45, 2.75) is 38.0 Å². The van der Waals surface area contributed by atoms with Gasteiger partial charge in [0.15, 0.2) is 0 Å². The molecule has 1 aliphatic heterocycles. The van der Waals surface area contributed by atoms with Gasteiger partial charge in [0.05, 0.1) is 0 Å². The molecule has 1 atom stereocenters. The fraction of sp³-hybridized carbons (Fsp3) is 0.688. The van der Waals surface area contributed by atoms with Crippen LogP contribution in [0.5, 0.6) is 0 Å². The van der Waals surface area contributed by atoms with Gasteiger partial charge in [-0.1, -0.05) is 0 Å². The van der Waals surface area contributed by atoms with Crippen LogP contribution in [0.15, 0.2) is 12.3 Å². The summed E-state index contributed by atoms with van der Waals surface area (Å²) >= 11 is 0. The molecule has 1 saturated carbocycles. The molecule has 5 nitrogen and oxygen atoms in total. The van der Waals surface area contributed by atoms with Gasteiger partial charge in [-0.3, -0.25) is 4.79 Å². The number of rotatable bonds is 4. The van der Waals surface area contributed by atoms with Gasteiger partial charge in [-0.2, -0.15) is 0 Å². The Morgan fingerprint density at radius 3 is 2.95 bits per heavy atom. The van der Waals surface area contributed by atoms with Crippen molar-refractivity contribution >= 4 is 5.91 Å². The minimum absolute atomic E-state index is 0.0531. The van der Waals surface area contributed by atoms with Gasteiger partial charge in [-0.25, -0.2) is 9.97 Å². The van der Waals surface area contributed by atoms with Crippen LogP contribution in [0.4, 0.5) is 0 Å². The Morgan fingerprint density at radius 1 is 1.33 bits per heavy atom. The molecule has 5 heteroatoms. The van der Waals surface area contributed by atoms with Gasteiger partial charge in [-0.05, 0) is 44.1 Å². The summed E-state index contributed by atoms with van der Waals surface area (Å²) < 4.78 is 5.24. The van der Waals surface area contributed by atoms with Gasteiger partial charge < -0.3 is 9.64 Å². The highest BCUT2D eigenvalue weighted by atomic mass is 16.5. The molecule has 2 fully saturated rings. The molecule has 1 amide bonds. The van der Waals surface area contributed by atoms with Crippen molar-refractivity contribution in [1.82, 2.24) is 14.9 Å². The number of likely N-dealkylation sites (tertiary alicyclic amines) is 1. The highest BCUT2D eigenvalue weighted by molar-refractivity contribution is 5.92. The summed E-state index contributed by atoms with van der Waals surface area (Å²) in [5.41, 5.74) is 0.553. The number of ether oxygens (including phenoxy) is 1. The molecule has 1 aromatic rings. The molecule has 3 rings (SSSR count). The molecule has 0 radical (unpaired) electrons. The number of aromatic nitrogens is 2. The summed E-state index contributed by atoms with van der Waals surface area (Å²) in [4.78, 5) is 23.3. The summed E-state index contributed by atoms with van der Waals surface area (Å²) in [7, 11) is 1.74. The fourth-order valence-electron chi connectivity index (χ4n) is 2.96. The average Bonchev–Trinajstić information content (AvgIpc) is 3.34. The molecule has 2 aliphatic rings. The number of nitrogens with zero attached hydrogens (tertiary/aromatic N) is 3. The van der Waals surface area contributed by atoms with E-state index in [0.29, 0.717) is 17.5 Å². The Bertz CT molecular complexity index is 502. The van der Waals surface area contributed by atoms with Crippen molar-refractivity contribution in [3.63, 3.8) is 0 Å². The van der Waals surface area contributed by atoms with Crippen LogP contribution in [0.1, 0.15) is 54.3 Å². The van der Waals surface area contributed by atoms with Crippen LogP contribution in [0, 0.1) is 5.92 Å². The van der Waals surface area contributed by atoms with E-state index >= 15 is 0 Å². The molecule has 0 bridgehead atoms. The first-order valence-electron chi connectivity index (χ1n) is 7.89. The van der Waals surface area contributed by atoms with E-state index < -0.39 is 0 Å². The van der Waals surface area contributed by atoms with E-state index in [1.54, 1.807) is 19.4 Å². The zero-order chi connectivity index (χ0) is 14.7.